The zero-order valence-corrected chi connectivity index (χ0v) is 15.1. The Morgan fingerprint density at radius 2 is 2.00 bits per heavy atom. The number of carbonyl (C=O) groups is 1. The van der Waals surface area contributed by atoms with E-state index >= 15 is 0 Å². The SMILES string of the molecule is Cc1cccc(C)c1N1CCc2cc(OC/C(=C/F)CN)ccc2C1=O. The van der Waals surface area contributed by atoms with E-state index in [-0.39, 0.29) is 19.1 Å². The van der Waals surface area contributed by atoms with E-state index < -0.39 is 0 Å². The van der Waals surface area contributed by atoms with Gasteiger partial charge < -0.3 is 15.4 Å². The van der Waals surface area contributed by atoms with Gasteiger partial charge in [0.25, 0.3) is 5.91 Å². The number of carbonyl (C=O) groups excluding carboxylic acids is 1. The average molecular weight is 354 g/mol. The zero-order chi connectivity index (χ0) is 18.7. The summed E-state index contributed by atoms with van der Waals surface area (Å²) in [6.07, 6.45) is 1.22. The Hall–Kier alpha value is -2.66. The van der Waals surface area contributed by atoms with Crippen molar-refractivity contribution in [3.63, 3.8) is 0 Å². The molecule has 4 nitrogen and oxygen atoms in total. The number of halogens is 1. The lowest BCUT2D eigenvalue weighted by Gasteiger charge is -2.31. The Morgan fingerprint density at radius 3 is 2.65 bits per heavy atom. The molecule has 0 spiro atoms. The maximum absolute atomic E-state index is 13.0. The summed E-state index contributed by atoms with van der Waals surface area (Å²) in [6.45, 7) is 4.89. The molecule has 1 heterocycles. The number of benzene rings is 2. The lowest BCUT2D eigenvalue weighted by molar-refractivity contribution is 0.0980. The van der Waals surface area contributed by atoms with Crippen LogP contribution in [0.1, 0.15) is 27.0 Å². The monoisotopic (exact) mass is 354 g/mol. The van der Waals surface area contributed by atoms with Crippen LogP contribution in [0, 0.1) is 13.8 Å². The van der Waals surface area contributed by atoms with Crippen LogP contribution >= 0.6 is 0 Å². The van der Waals surface area contributed by atoms with Gasteiger partial charge in [-0.3, -0.25) is 4.79 Å². The second-order valence-electron chi connectivity index (χ2n) is 6.53. The van der Waals surface area contributed by atoms with Gasteiger partial charge in [0.1, 0.15) is 12.4 Å². The van der Waals surface area contributed by atoms with E-state index in [1.54, 1.807) is 12.1 Å². The van der Waals surface area contributed by atoms with Crippen LogP contribution in [0.15, 0.2) is 48.3 Å². The summed E-state index contributed by atoms with van der Waals surface area (Å²) >= 11 is 0. The Morgan fingerprint density at radius 1 is 1.27 bits per heavy atom. The molecule has 1 amide bonds. The summed E-state index contributed by atoms with van der Waals surface area (Å²) in [5, 5.41) is 0. The zero-order valence-electron chi connectivity index (χ0n) is 15.1. The van der Waals surface area contributed by atoms with Crippen LogP contribution < -0.4 is 15.4 Å². The van der Waals surface area contributed by atoms with Gasteiger partial charge in [-0.2, -0.15) is 0 Å². The third-order valence-electron chi connectivity index (χ3n) is 4.71. The quantitative estimate of drug-likeness (QED) is 0.891. The molecule has 0 saturated carbocycles. The van der Waals surface area contributed by atoms with Crippen molar-refractivity contribution in [3.8, 4) is 5.75 Å². The molecule has 0 unspecified atom stereocenters. The van der Waals surface area contributed by atoms with Gasteiger partial charge in [-0.25, -0.2) is 4.39 Å². The minimum Gasteiger partial charge on any atom is -0.489 e. The summed E-state index contributed by atoms with van der Waals surface area (Å²) in [7, 11) is 0. The highest BCUT2D eigenvalue weighted by atomic mass is 19.1. The molecule has 0 bridgehead atoms. The van der Waals surface area contributed by atoms with Crippen LogP contribution in [0.2, 0.25) is 0 Å². The number of hydrogen-bond acceptors (Lipinski definition) is 3. The van der Waals surface area contributed by atoms with Gasteiger partial charge in [-0.15, -0.1) is 0 Å². The van der Waals surface area contributed by atoms with Crippen molar-refractivity contribution >= 4 is 11.6 Å². The van der Waals surface area contributed by atoms with E-state index in [0.717, 1.165) is 28.8 Å². The Labute approximate surface area is 153 Å². The number of para-hydroxylation sites is 1. The molecule has 0 saturated heterocycles. The lowest BCUT2D eigenvalue weighted by Crippen LogP contribution is -2.38. The van der Waals surface area contributed by atoms with E-state index in [0.29, 0.717) is 29.8 Å². The van der Waals surface area contributed by atoms with Crippen molar-refractivity contribution < 1.29 is 13.9 Å². The number of hydrogen-bond donors (Lipinski definition) is 1. The van der Waals surface area contributed by atoms with Crippen molar-refractivity contribution in [2.45, 2.75) is 20.3 Å². The van der Waals surface area contributed by atoms with Crippen molar-refractivity contribution in [2.24, 2.45) is 5.73 Å². The smallest absolute Gasteiger partial charge is 0.258 e. The molecule has 3 rings (SSSR count). The van der Waals surface area contributed by atoms with Gasteiger partial charge in [0, 0.05) is 29.9 Å². The van der Waals surface area contributed by atoms with Crippen molar-refractivity contribution in [2.75, 3.05) is 24.6 Å². The van der Waals surface area contributed by atoms with Crippen LogP contribution in [0.5, 0.6) is 5.75 Å². The Bertz CT molecular complexity index is 841. The first kappa shape index (κ1) is 18.1. The molecule has 1 aliphatic rings. The van der Waals surface area contributed by atoms with E-state index in [2.05, 4.69) is 0 Å². The molecule has 5 heteroatoms. The first-order chi connectivity index (χ1) is 12.5. The normalized spacial score (nSPS) is 14.4. The predicted molar refractivity (Wildman–Crippen MR) is 101 cm³/mol. The molecule has 0 aromatic heterocycles. The maximum Gasteiger partial charge on any atom is 0.258 e. The van der Waals surface area contributed by atoms with Gasteiger partial charge in [-0.1, -0.05) is 18.2 Å². The molecule has 0 radical (unpaired) electrons. The topological polar surface area (TPSA) is 55.6 Å². The van der Waals surface area contributed by atoms with Crippen molar-refractivity contribution in [3.05, 3.63) is 70.6 Å². The number of ether oxygens (including phenoxy) is 1. The van der Waals surface area contributed by atoms with E-state index in [4.69, 9.17) is 10.5 Å². The Kier molecular flexibility index (Phi) is 5.38. The highest BCUT2D eigenvalue weighted by molar-refractivity contribution is 6.09. The predicted octanol–water partition coefficient (Wildman–Crippen LogP) is 3.70. The molecule has 2 aromatic rings. The molecule has 136 valence electrons. The van der Waals surface area contributed by atoms with Crippen LogP contribution in [0.4, 0.5) is 10.1 Å². The van der Waals surface area contributed by atoms with Gasteiger partial charge in [0.15, 0.2) is 0 Å². The van der Waals surface area contributed by atoms with Crippen molar-refractivity contribution in [1.82, 2.24) is 0 Å². The number of rotatable bonds is 5. The highest BCUT2D eigenvalue weighted by Crippen LogP contribution is 2.31. The van der Waals surface area contributed by atoms with E-state index in [1.165, 1.54) is 0 Å². The molecule has 0 atom stereocenters. The molecule has 1 aliphatic heterocycles. The highest BCUT2D eigenvalue weighted by Gasteiger charge is 2.27. The van der Waals surface area contributed by atoms with Crippen molar-refractivity contribution in [1.29, 1.82) is 0 Å². The minimum atomic E-state index is 0.00139. The van der Waals surface area contributed by atoms with Crippen LogP contribution in [-0.4, -0.2) is 25.6 Å². The Balaban J connectivity index is 1.83. The molecular formula is C21H23FN2O2. The molecule has 0 aliphatic carbocycles. The first-order valence-corrected chi connectivity index (χ1v) is 8.67. The lowest BCUT2D eigenvalue weighted by atomic mass is 9.96. The number of anilines is 1. The third-order valence-corrected chi connectivity index (χ3v) is 4.71. The van der Waals surface area contributed by atoms with Gasteiger partial charge >= 0.3 is 0 Å². The average Bonchev–Trinajstić information content (AvgIpc) is 2.64. The summed E-state index contributed by atoms with van der Waals surface area (Å²) in [5.74, 6) is 0.617. The third kappa shape index (κ3) is 3.48. The fourth-order valence-electron chi connectivity index (χ4n) is 3.31. The standard InChI is InChI=1S/C21H23FN2O2/c1-14-4-3-5-15(2)20(14)24-9-8-17-10-18(6-7-19(17)21(24)25)26-13-16(11-22)12-23/h3-7,10-11H,8-9,12-13,23H2,1-2H3/b16-11+. The minimum absolute atomic E-state index is 0.00139. The van der Waals surface area contributed by atoms with E-state index in [9.17, 15) is 9.18 Å². The number of nitrogens with two attached hydrogens (primary N) is 1. The van der Waals surface area contributed by atoms with Crippen LogP contribution in [0.25, 0.3) is 0 Å². The summed E-state index contributed by atoms with van der Waals surface area (Å²) < 4.78 is 18.2. The van der Waals surface area contributed by atoms with Crippen LogP contribution in [-0.2, 0) is 6.42 Å². The number of fused-ring (bicyclic) bond motifs is 1. The summed E-state index contributed by atoms with van der Waals surface area (Å²) in [5.41, 5.74) is 10.6. The maximum atomic E-state index is 13.0. The molecule has 2 aromatic carbocycles. The number of aryl methyl sites for hydroxylation is 2. The van der Waals surface area contributed by atoms with E-state index in [1.807, 2.05) is 43.0 Å². The molecule has 0 fully saturated rings. The number of nitrogens with zero attached hydrogens (tertiary/aromatic N) is 1. The second kappa shape index (κ2) is 7.70. The molecule has 2 N–H and O–H groups in total. The fourth-order valence-corrected chi connectivity index (χ4v) is 3.31. The first-order valence-electron chi connectivity index (χ1n) is 8.67. The van der Waals surface area contributed by atoms with Gasteiger partial charge in [0.2, 0.25) is 0 Å². The molecular weight excluding hydrogens is 331 g/mol. The fraction of sp³-hybridized carbons (Fsp3) is 0.286. The molecule has 26 heavy (non-hydrogen) atoms. The summed E-state index contributed by atoms with van der Waals surface area (Å²) in [6, 6.07) is 11.4. The van der Waals surface area contributed by atoms with Crippen LogP contribution in [0.3, 0.4) is 0 Å². The largest absolute Gasteiger partial charge is 0.489 e. The number of amides is 1. The van der Waals surface area contributed by atoms with Gasteiger partial charge in [-0.05, 0) is 55.2 Å². The summed E-state index contributed by atoms with van der Waals surface area (Å²) in [4.78, 5) is 14.9. The second-order valence-corrected chi connectivity index (χ2v) is 6.53. The van der Waals surface area contributed by atoms with Gasteiger partial charge in [0.05, 0.1) is 6.33 Å².